The molecule has 3 nitrogen and oxygen atoms in total. The Labute approximate surface area is 102 Å². The number of methoxy groups -OCH3 is 1. The van der Waals surface area contributed by atoms with Gasteiger partial charge in [-0.3, -0.25) is 0 Å². The molecular formula is C14H18O3. The molecule has 0 radical (unpaired) electrons. The lowest BCUT2D eigenvalue weighted by Crippen LogP contribution is -2.18. The number of aliphatic hydroxyl groups excluding tert-OH is 1. The van der Waals surface area contributed by atoms with Crippen molar-refractivity contribution in [2.45, 2.75) is 25.4 Å². The van der Waals surface area contributed by atoms with Crippen molar-refractivity contribution in [1.29, 1.82) is 0 Å². The SMILES string of the molecule is COc1cccc(CC(O)C2=CCCCO2)c1. The van der Waals surface area contributed by atoms with Crippen molar-refractivity contribution in [3.63, 3.8) is 0 Å². The summed E-state index contributed by atoms with van der Waals surface area (Å²) >= 11 is 0. The number of hydrogen-bond acceptors (Lipinski definition) is 3. The normalized spacial score (nSPS) is 16.9. The van der Waals surface area contributed by atoms with E-state index in [1.54, 1.807) is 7.11 Å². The lowest BCUT2D eigenvalue weighted by Gasteiger charge is -2.19. The predicted molar refractivity (Wildman–Crippen MR) is 66.0 cm³/mol. The first-order chi connectivity index (χ1) is 8.29. The maximum atomic E-state index is 10.1. The summed E-state index contributed by atoms with van der Waals surface area (Å²) in [5, 5.41) is 10.1. The zero-order valence-corrected chi connectivity index (χ0v) is 10.1. The molecule has 0 bridgehead atoms. The molecule has 0 aliphatic carbocycles. The van der Waals surface area contributed by atoms with E-state index in [0.29, 0.717) is 18.8 Å². The fourth-order valence-corrected chi connectivity index (χ4v) is 1.93. The van der Waals surface area contributed by atoms with Gasteiger partial charge in [0.2, 0.25) is 0 Å². The quantitative estimate of drug-likeness (QED) is 0.868. The molecule has 1 unspecified atom stereocenters. The Morgan fingerprint density at radius 2 is 2.35 bits per heavy atom. The second-order valence-corrected chi connectivity index (χ2v) is 4.17. The van der Waals surface area contributed by atoms with Crippen LogP contribution in [0.4, 0.5) is 0 Å². The van der Waals surface area contributed by atoms with E-state index >= 15 is 0 Å². The van der Waals surface area contributed by atoms with Crippen LogP contribution in [-0.4, -0.2) is 24.9 Å². The van der Waals surface area contributed by atoms with Gasteiger partial charge in [-0.25, -0.2) is 0 Å². The van der Waals surface area contributed by atoms with Crippen molar-refractivity contribution in [2.75, 3.05) is 13.7 Å². The standard InChI is InChI=1S/C14H18O3/c1-16-12-6-4-5-11(9-12)10-13(15)14-7-2-3-8-17-14/h4-7,9,13,15H,2-3,8,10H2,1H3. The van der Waals surface area contributed by atoms with Crippen LogP contribution < -0.4 is 4.74 Å². The summed E-state index contributed by atoms with van der Waals surface area (Å²) < 4.78 is 10.6. The Hall–Kier alpha value is -1.48. The highest BCUT2D eigenvalue weighted by atomic mass is 16.5. The third-order valence-corrected chi connectivity index (χ3v) is 2.85. The molecular weight excluding hydrogens is 216 g/mol. The zero-order chi connectivity index (χ0) is 12.1. The third-order valence-electron chi connectivity index (χ3n) is 2.85. The minimum Gasteiger partial charge on any atom is -0.497 e. The number of benzene rings is 1. The molecule has 2 rings (SSSR count). The van der Waals surface area contributed by atoms with E-state index in [1.807, 2.05) is 30.3 Å². The van der Waals surface area contributed by atoms with Gasteiger partial charge in [0.1, 0.15) is 17.6 Å². The topological polar surface area (TPSA) is 38.7 Å². The minimum absolute atomic E-state index is 0.553. The molecule has 0 amide bonds. The zero-order valence-electron chi connectivity index (χ0n) is 10.1. The first-order valence-electron chi connectivity index (χ1n) is 5.93. The number of rotatable bonds is 4. The molecule has 0 spiro atoms. The Balaban J connectivity index is 2.01. The second kappa shape index (κ2) is 5.73. The van der Waals surface area contributed by atoms with Crippen molar-refractivity contribution in [3.8, 4) is 5.75 Å². The molecule has 3 heteroatoms. The molecule has 0 fully saturated rings. The molecule has 0 saturated heterocycles. The lowest BCUT2D eigenvalue weighted by atomic mass is 10.0. The summed E-state index contributed by atoms with van der Waals surface area (Å²) in [4.78, 5) is 0. The Morgan fingerprint density at radius 1 is 1.47 bits per heavy atom. The van der Waals surface area contributed by atoms with Gasteiger partial charge in [0.15, 0.2) is 0 Å². The molecule has 1 heterocycles. The van der Waals surface area contributed by atoms with Crippen LogP contribution >= 0.6 is 0 Å². The van der Waals surface area contributed by atoms with Gasteiger partial charge < -0.3 is 14.6 Å². The Kier molecular flexibility index (Phi) is 4.04. The Bertz CT molecular complexity index is 398. The van der Waals surface area contributed by atoms with E-state index in [0.717, 1.165) is 24.2 Å². The minimum atomic E-state index is -0.553. The fraction of sp³-hybridized carbons (Fsp3) is 0.429. The Morgan fingerprint density at radius 3 is 3.06 bits per heavy atom. The van der Waals surface area contributed by atoms with Gasteiger partial charge in [-0.05, 0) is 36.6 Å². The van der Waals surface area contributed by atoms with Crippen LogP contribution in [0.15, 0.2) is 36.1 Å². The fourth-order valence-electron chi connectivity index (χ4n) is 1.93. The monoisotopic (exact) mass is 234 g/mol. The van der Waals surface area contributed by atoms with Crippen molar-refractivity contribution >= 4 is 0 Å². The summed E-state index contributed by atoms with van der Waals surface area (Å²) in [6, 6.07) is 7.74. The molecule has 17 heavy (non-hydrogen) atoms. The first kappa shape index (κ1) is 12.0. The number of hydrogen-bond donors (Lipinski definition) is 1. The summed E-state index contributed by atoms with van der Waals surface area (Å²) in [6.07, 6.45) is 4.01. The summed E-state index contributed by atoms with van der Waals surface area (Å²) in [6.45, 7) is 0.709. The van der Waals surface area contributed by atoms with Gasteiger partial charge >= 0.3 is 0 Å². The van der Waals surface area contributed by atoms with Crippen LogP contribution in [0.2, 0.25) is 0 Å². The average molecular weight is 234 g/mol. The van der Waals surface area contributed by atoms with Crippen LogP contribution in [0, 0.1) is 0 Å². The van der Waals surface area contributed by atoms with Crippen LogP contribution in [0.1, 0.15) is 18.4 Å². The highest BCUT2D eigenvalue weighted by Crippen LogP contribution is 2.19. The van der Waals surface area contributed by atoms with E-state index < -0.39 is 6.10 Å². The van der Waals surface area contributed by atoms with Gasteiger partial charge in [-0.15, -0.1) is 0 Å². The second-order valence-electron chi connectivity index (χ2n) is 4.17. The lowest BCUT2D eigenvalue weighted by molar-refractivity contribution is 0.0917. The van der Waals surface area contributed by atoms with Crippen molar-refractivity contribution in [1.82, 2.24) is 0 Å². The van der Waals surface area contributed by atoms with Crippen molar-refractivity contribution < 1.29 is 14.6 Å². The van der Waals surface area contributed by atoms with Crippen molar-refractivity contribution in [3.05, 3.63) is 41.7 Å². The molecule has 1 N–H and O–H groups in total. The molecule has 1 atom stereocenters. The van der Waals surface area contributed by atoms with Gasteiger partial charge in [0.05, 0.1) is 13.7 Å². The van der Waals surface area contributed by atoms with Gasteiger partial charge in [0.25, 0.3) is 0 Å². The van der Waals surface area contributed by atoms with Gasteiger partial charge in [-0.2, -0.15) is 0 Å². The van der Waals surface area contributed by atoms with E-state index in [-0.39, 0.29) is 0 Å². The summed E-state index contributed by atoms with van der Waals surface area (Å²) in [5.41, 5.74) is 1.05. The molecule has 1 aromatic rings. The maximum Gasteiger partial charge on any atom is 0.121 e. The van der Waals surface area contributed by atoms with E-state index in [9.17, 15) is 5.11 Å². The van der Waals surface area contributed by atoms with Crippen molar-refractivity contribution in [2.24, 2.45) is 0 Å². The maximum absolute atomic E-state index is 10.1. The largest absolute Gasteiger partial charge is 0.497 e. The third kappa shape index (κ3) is 3.24. The summed E-state index contributed by atoms with van der Waals surface area (Å²) in [5.74, 6) is 1.52. The number of ether oxygens (including phenoxy) is 2. The van der Waals surface area contributed by atoms with E-state index in [4.69, 9.17) is 9.47 Å². The number of aliphatic hydroxyl groups is 1. The molecule has 1 aliphatic heterocycles. The summed E-state index contributed by atoms with van der Waals surface area (Å²) in [7, 11) is 1.64. The van der Waals surface area contributed by atoms with E-state index in [2.05, 4.69) is 0 Å². The smallest absolute Gasteiger partial charge is 0.121 e. The molecule has 1 aliphatic rings. The molecule has 92 valence electrons. The highest BCUT2D eigenvalue weighted by Gasteiger charge is 2.15. The number of allylic oxidation sites excluding steroid dienone is 1. The average Bonchev–Trinajstić information content (AvgIpc) is 2.40. The predicted octanol–water partition coefficient (Wildman–Crippen LogP) is 2.29. The van der Waals surface area contributed by atoms with Crippen LogP contribution in [0.25, 0.3) is 0 Å². The van der Waals surface area contributed by atoms with Crippen LogP contribution in [-0.2, 0) is 11.2 Å². The molecule has 1 aromatic carbocycles. The highest BCUT2D eigenvalue weighted by molar-refractivity contribution is 5.29. The molecule has 0 aromatic heterocycles. The van der Waals surface area contributed by atoms with E-state index in [1.165, 1.54) is 0 Å². The molecule has 0 saturated carbocycles. The first-order valence-corrected chi connectivity index (χ1v) is 5.93. The van der Waals surface area contributed by atoms with Gasteiger partial charge in [-0.1, -0.05) is 12.1 Å². The van der Waals surface area contributed by atoms with Crippen LogP contribution in [0.3, 0.4) is 0 Å². The van der Waals surface area contributed by atoms with Gasteiger partial charge in [0, 0.05) is 6.42 Å². The van der Waals surface area contributed by atoms with Crippen LogP contribution in [0.5, 0.6) is 5.75 Å².